The molecule has 0 aliphatic carbocycles. The van der Waals surface area contributed by atoms with Gasteiger partial charge >= 0.3 is 6.18 Å². The first kappa shape index (κ1) is 16.2. The number of aromatic nitrogens is 2. The zero-order chi connectivity index (χ0) is 17.2. The molecule has 0 bridgehead atoms. The van der Waals surface area contributed by atoms with Gasteiger partial charge in [-0.1, -0.05) is 12.1 Å². The van der Waals surface area contributed by atoms with Gasteiger partial charge in [-0.2, -0.15) is 13.2 Å². The Morgan fingerprint density at radius 1 is 1.04 bits per heavy atom. The topological polar surface area (TPSA) is 58.0 Å². The molecule has 0 spiro atoms. The van der Waals surface area contributed by atoms with Crippen molar-refractivity contribution in [1.82, 2.24) is 9.97 Å². The second-order valence-corrected chi connectivity index (χ2v) is 5.15. The van der Waals surface area contributed by atoms with Crippen LogP contribution in [0.25, 0.3) is 22.0 Å². The van der Waals surface area contributed by atoms with Gasteiger partial charge in [0.25, 0.3) is 0 Å². The average molecular weight is 333 g/mol. The molecule has 124 valence electrons. The fourth-order valence-corrected chi connectivity index (χ4v) is 2.44. The molecule has 24 heavy (non-hydrogen) atoms. The number of halogens is 3. The number of aliphatic hydroxyl groups is 1. The fourth-order valence-electron chi connectivity index (χ4n) is 2.44. The maximum absolute atomic E-state index is 12.7. The Morgan fingerprint density at radius 2 is 1.79 bits per heavy atom. The minimum atomic E-state index is -4.37. The SMILES string of the molecule is OCCNc1ncc(-c2ccc(C(F)(F)F)cc2)c2ncccc12. The van der Waals surface area contributed by atoms with E-state index in [1.54, 1.807) is 18.5 Å². The summed E-state index contributed by atoms with van der Waals surface area (Å²) in [6.07, 6.45) is -1.18. The Hall–Kier alpha value is -2.67. The highest BCUT2D eigenvalue weighted by Gasteiger charge is 2.30. The molecule has 0 aliphatic rings. The monoisotopic (exact) mass is 333 g/mol. The van der Waals surface area contributed by atoms with Crippen LogP contribution in [-0.2, 0) is 6.18 Å². The van der Waals surface area contributed by atoms with Crippen LogP contribution in [-0.4, -0.2) is 28.2 Å². The van der Waals surface area contributed by atoms with Crippen LogP contribution in [0.1, 0.15) is 5.56 Å². The van der Waals surface area contributed by atoms with Crippen LogP contribution in [0, 0.1) is 0 Å². The van der Waals surface area contributed by atoms with Crippen LogP contribution >= 0.6 is 0 Å². The lowest BCUT2D eigenvalue weighted by Gasteiger charge is -2.12. The maximum Gasteiger partial charge on any atom is 0.416 e. The third-order valence-electron chi connectivity index (χ3n) is 3.57. The van der Waals surface area contributed by atoms with Crippen molar-refractivity contribution in [2.45, 2.75) is 6.18 Å². The van der Waals surface area contributed by atoms with E-state index in [-0.39, 0.29) is 6.61 Å². The van der Waals surface area contributed by atoms with Gasteiger partial charge in [0.2, 0.25) is 0 Å². The molecule has 0 amide bonds. The van der Waals surface area contributed by atoms with Crippen molar-refractivity contribution >= 4 is 16.7 Å². The van der Waals surface area contributed by atoms with Gasteiger partial charge in [-0.15, -0.1) is 0 Å². The zero-order valence-electron chi connectivity index (χ0n) is 12.5. The van der Waals surface area contributed by atoms with E-state index in [4.69, 9.17) is 5.11 Å². The number of rotatable bonds is 4. The predicted octanol–water partition coefficient (Wildman–Crippen LogP) is 3.72. The molecule has 4 nitrogen and oxygen atoms in total. The molecule has 0 aliphatic heterocycles. The number of benzene rings is 1. The van der Waals surface area contributed by atoms with Crippen LogP contribution in [0.4, 0.5) is 19.0 Å². The third kappa shape index (κ3) is 3.16. The van der Waals surface area contributed by atoms with E-state index >= 15 is 0 Å². The van der Waals surface area contributed by atoms with Gasteiger partial charge in [-0.05, 0) is 29.8 Å². The van der Waals surface area contributed by atoms with Gasteiger partial charge in [-0.25, -0.2) is 4.98 Å². The minimum Gasteiger partial charge on any atom is -0.395 e. The number of hydrogen-bond donors (Lipinski definition) is 2. The molecule has 7 heteroatoms. The number of alkyl halides is 3. The van der Waals surface area contributed by atoms with Gasteiger partial charge in [0.05, 0.1) is 17.7 Å². The molecule has 3 aromatic rings. The van der Waals surface area contributed by atoms with Gasteiger partial charge in [0.15, 0.2) is 0 Å². The summed E-state index contributed by atoms with van der Waals surface area (Å²) in [7, 11) is 0. The van der Waals surface area contributed by atoms with Gasteiger partial charge in [-0.3, -0.25) is 4.98 Å². The lowest BCUT2D eigenvalue weighted by molar-refractivity contribution is -0.137. The highest BCUT2D eigenvalue weighted by molar-refractivity contribution is 5.98. The molecule has 0 saturated heterocycles. The molecule has 0 fully saturated rings. The molecule has 3 rings (SSSR count). The molecule has 0 saturated carbocycles. The smallest absolute Gasteiger partial charge is 0.395 e. The summed E-state index contributed by atoms with van der Waals surface area (Å²) in [5.74, 6) is 0.572. The van der Waals surface area contributed by atoms with Gasteiger partial charge < -0.3 is 10.4 Å². The molecular formula is C17H14F3N3O. The Morgan fingerprint density at radius 3 is 2.46 bits per heavy atom. The van der Waals surface area contributed by atoms with Crippen molar-refractivity contribution in [1.29, 1.82) is 0 Å². The second kappa shape index (κ2) is 6.45. The Kier molecular flexibility index (Phi) is 4.35. The Labute approximate surface area is 136 Å². The second-order valence-electron chi connectivity index (χ2n) is 5.15. The lowest BCUT2D eigenvalue weighted by atomic mass is 10.0. The summed E-state index contributed by atoms with van der Waals surface area (Å²) >= 11 is 0. The molecule has 1 aromatic carbocycles. The normalized spacial score (nSPS) is 11.7. The number of anilines is 1. The van der Waals surface area contributed by atoms with Crippen LogP contribution in [0.3, 0.4) is 0 Å². The predicted molar refractivity (Wildman–Crippen MR) is 85.6 cm³/mol. The van der Waals surface area contributed by atoms with Gasteiger partial charge in [0, 0.05) is 29.9 Å². The van der Waals surface area contributed by atoms with Crippen LogP contribution in [0.2, 0.25) is 0 Å². The lowest BCUT2D eigenvalue weighted by Crippen LogP contribution is -2.07. The Balaban J connectivity index is 2.07. The van der Waals surface area contributed by atoms with Crippen molar-refractivity contribution in [3.05, 3.63) is 54.4 Å². The van der Waals surface area contributed by atoms with Crippen molar-refractivity contribution in [2.24, 2.45) is 0 Å². The fraction of sp³-hybridized carbons (Fsp3) is 0.176. The molecular weight excluding hydrogens is 319 g/mol. The van der Waals surface area contributed by atoms with Crippen LogP contribution in [0.15, 0.2) is 48.8 Å². The summed E-state index contributed by atoms with van der Waals surface area (Å²) in [4.78, 5) is 8.64. The molecule has 0 atom stereocenters. The van der Waals surface area contributed by atoms with E-state index in [1.165, 1.54) is 12.1 Å². The third-order valence-corrected chi connectivity index (χ3v) is 3.57. The number of pyridine rings is 2. The highest BCUT2D eigenvalue weighted by atomic mass is 19.4. The van der Waals surface area contributed by atoms with E-state index in [2.05, 4.69) is 15.3 Å². The number of aliphatic hydroxyl groups excluding tert-OH is 1. The first-order chi connectivity index (χ1) is 11.5. The van der Waals surface area contributed by atoms with E-state index in [0.29, 0.717) is 29.0 Å². The summed E-state index contributed by atoms with van der Waals surface area (Å²) in [5.41, 5.74) is 1.19. The zero-order valence-corrected chi connectivity index (χ0v) is 12.5. The molecule has 2 heterocycles. The van der Waals surface area contributed by atoms with E-state index in [1.807, 2.05) is 6.07 Å². The van der Waals surface area contributed by atoms with Crippen molar-refractivity contribution < 1.29 is 18.3 Å². The molecule has 0 radical (unpaired) electrons. The summed E-state index contributed by atoms with van der Waals surface area (Å²) in [6, 6.07) is 8.49. The van der Waals surface area contributed by atoms with E-state index < -0.39 is 11.7 Å². The minimum absolute atomic E-state index is 0.0376. The largest absolute Gasteiger partial charge is 0.416 e. The molecule has 2 N–H and O–H groups in total. The summed E-state index contributed by atoms with van der Waals surface area (Å²) < 4.78 is 38.1. The van der Waals surface area contributed by atoms with Crippen molar-refractivity contribution in [2.75, 3.05) is 18.5 Å². The standard InChI is InChI=1S/C17H14F3N3O/c18-17(19,20)12-5-3-11(4-6-12)14-10-23-16(22-8-9-24)13-2-1-7-21-15(13)14/h1-7,10,24H,8-9H2,(H,22,23). The van der Waals surface area contributed by atoms with Crippen LogP contribution < -0.4 is 5.32 Å². The van der Waals surface area contributed by atoms with Crippen LogP contribution in [0.5, 0.6) is 0 Å². The first-order valence-electron chi connectivity index (χ1n) is 7.27. The van der Waals surface area contributed by atoms with Crippen molar-refractivity contribution in [3.8, 4) is 11.1 Å². The maximum atomic E-state index is 12.7. The summed E-state index contributed by atoms with van der Waals surface area (Å²) in [5, 5.41) is 12.7. The number of nitrogens with zero attached hydrogens (tertiary/aromatic N) is 2. The average Bonchev–Trinajstić information content (AvgIpc) is 2.59. The molecule has 0 unspecified atom stereocenters. The number of nitrogens with one attached hydrogen (secondary N) is 1. The number of hydrogen-bond acceptors (Lipinski definition) is 4. The summed E-state index contributed by atoms with van der Waals surface area (Å²) in [6.45, 7) is 0.306. The van der Waals surface area contributed by atoms with Gasteiger partial charge in [0.1, 0.15) is 5.82 Å². The molecule has 2 aromatic heterocycles. The Bertz CT molecular complexity index is 848. The van der Waals surface area contributed by atoms with Crippen molar-refractivity contribution in [3.63, 3.8) is 0 Å². The first-order valence-corrected chi connectivity index (χ1v) is 7.27. The quantitative estimate of drug-likeness (QED) is 0.764. The number of fused-ring (bicyclic) bond motifs is 1. The van der Waals surface area contributed by atoms with E-state index in [0.717, 1.165) is 17.5 Å². The van der Waals surface area contributed by atoms with E-state index in [9.17, 15) is 13.2 Å². The highest BCUT2D eigenvalue weighted by Crippen LogP contribution is 2.33.